The summed E-state index contributed by atoms with van der Waals surface area (Å²) in [5, 5.41) is 4.53. The van der Waals surface area contributed by atoms with Crippen molar-refractivity contribution in [2.24, 2.45) is 0 Å². The van der Waals surface area contributed by atoms with Crippen LogP contribution in [0, 0.1) is 6.92 Å². The molecule has 0 spiro atoms. The highest BCUT2D eigenvalue weighted by Crippen LogP contribution is 2.34. The van der Waals surface area contributed by atoms with E-state index >= 15 is 0 Å². The zero-order chi connectivity index (χ0) is 15.1. The van der Waals surface area contributed by atoms with Crippen molar-refractivity contribution >= 4 is 0 Å². The summed E-state index contributed by atoms with van der Waals surface area (Å²) in [7, 11) is 0. The van der Waals surface area contributed by atoms with Crippen LogP contribution < -0.4 is 9.47 Å². The number of fused-ring (bicyclic) bond motifs is 1. The van der Waals surface area contributed by atoms with E-state index in [1.54, 1.807) is 0 Å². The van der Waals surface area contributed by atoms with Crippen molar-refractivity contribution in [3.63, 3.8) is 0 Å². The molecule has 4 rings (SSSR count). The first kappa shape index (κ1) is 12.9. The molecule has 0 saturated heterocycles. The molecule has 6 heteroatoms. The van der Waals surface area contributed by atoms with Gasteiger partial charge in [0.25, 0.3) is 0 Å². The molecule has 22 heavy (non-hydrogen) atoms. The van der Waals surface area contributed by atoms with Crippen molar-refractivity contribution in [2.75, 3.05) is 6.79 Å². The van der Waals surface area contributed by atoms with Crippen LogP contribution in [0.3, 0.4) is 0 Å². The molecule has 0 N–H and O–H groups in total. The second kappa shape index (κ2) is 4.91. The van der Waals surface area contributed by atoms with Crippen molar-refractivity contribution in [2.45, 2.75) is 19.9 Å². The van der Waals surface area contributed by atoms with Crippen LogP contribution in [0.15, 0.2) is 42.7 Å². The molecule has 3 aromatic rings. The quantitative estimate of drug-likeness (QED) is 0.745. The molecule has 1 aliphatic heterocycles. The lowest BCUT2D eigenvalue weighted by molar-refractivity contribution is 0.174. The summed E-state index contributed by atoms with van der Waals surface area (Å²) < 4.78 is 14.8. The number of benzene rings is 1. The molecule has 0 aliphatic carbocycles. The number of hydrogen-bond acceptors (Lipinski definition) is 4. The fourth-order valence-electron chi connectivity index (χ4n) is 2.65. The zero-order valence-corrected chi connectivity index (χ0v) is 12.4. The van der Waals surface area contributed by atoms with Gasteiger partial charge in [-0.3, -0.25) is 0 Å². The third-order valence-electron chi connectivity index (χ3n) is 3.79. The fraction of sp³-hybridized carbons (Fsp3) is 0.250. The van der Waals surface area contributed by atoms with Crippen LogP contribution in [0.1, 0.15) is 24.6 Å². The predicted octanol–water partition coefficient (Wildman–Crippen LogP) is 2.72. The first-order valence-electron chi connectivity index (χ1n) is 7.18. The summed E-state index contributed by atoms with van der Waals surface area (Å²) in [5.74, 6) is 3.13. The second-order valence-corrected chi connectivity index (χ2v) is 5.27. The Morgan fingerprint density at radius 2 is 1.91 bits per heavy atom. The molecule has 1 aliphatic rings. The molecule has 6 nitrogen and oxygen atoms in total. The van der Waals surface area contributed by atoms with Gasteiger partial charge in [-0.2, -0.15) is 5.10 Å². The summed E-state index contributed by atoms with van der Waals surface area (Å²) >= 11 is 0. The topological polar surface area (TPSA) is 54.1 Å². The van der Waals surface area contributed by atoms with E-state index in [4.69, 9.17) is 9.47 Å². The highest BCUT2D eigenvalue weighted by Gasteiger charge is 2.20. The van der Waals surface area contributed by atoms with Gasteiger partial charge in [-0.25, -0.2) is 9.67 Å². The van der Waals surface area contributed by atoms with Gasteiger partial charge in [0.15, 0.2) is 17.3 Å². The molecule has 0 amide bonds. The lowest BCUT2D eigenvalue weighted by Gasteiger charge is -2.14. The van der Waals surface area contributed by atoms with E-state index in [0.29, 0.717) is 0 Å². The van der Waals surface area contributed by atoms with Crippen molar-refractivity contribution in [3.05, 3.63) is 54.4 Å². The van der Waals surface area contributed by atoms with Crippen molar-refractivity contribution < 1.29 is 9.47 Å². The minimum atomic E-state index is 0.0848. The average Bonchev–Trinajstić information content (AvgIpc) is 3.25. The predicted molar refractivity (Wildman–Crippen MR) is 80.5 cm³/mol. The largest absolute Gasteiger partial charge is 0.454 e. The van der Waals surface area contributed by atoms with Crippen molar-refractivity contribution in [1.29, 1.82) is 0 Å². The van der Waals surface area contributed by atoms with E-state index in [1.165, 1.54) is 0 Å². The first-order valence-corrected chi connectivity index (χ1v) is 7.18. The Hall–Kier alpha value is -2.76. The number of aryl methyl sites for hydroxylation is 1. The number of hydrogen-bond donors (Lipinski definition) is 0. The first-order chi connectivity index (χ1) is 10.7. The van der Waals surface area contributed by atoms with Gasteiger partial charge in [-0.05, 0) is 38.1 Å². The smallest absolute Gasteiger partial charge is 0.231 e. The molecule has 112 valence electrons. The van der Waals surface area contributed by atoms with Crippen LogP contribution in [0.4, 0.5) is 0 Å². The van der Waals surface area contributed by atoms with Gasteiger partial charge < -0.3 is 14.0 Å². The van der Waals surface area contributed by atoms with Crippen LogP contribution in [-0.2, 0) is 0 Å². The lowest BCUT2D eigenvalue weighted by Crippen LogP contribution is -2.12. The molecule has 1 aromatic carbocycles. The second-order valence-electron chi connectivity index (χ2n) is 5.27. The number of nitrogens with zero attached hydrogens (tertiary/aromatic N) is 4. The maximum absolute atomic E-state index is 5.45. The Labute approximate surface area is 127 Å². The Morgan fingerprint density at radius 1 is 1.14 bits per heavy atom. The summed E-state index contributed by atoms with van der Waals surface area (Å²) in [4.78, 5) is 4.60. The van der Waals surface area contributed by atoms with Crippen LogP contribution in [0.5, 0.6) is 11.5 Å². The number of ether oxygens (including phenoxy) is 2. The van der Waals surface area contributed by atoms with Gasteiger partial charge in [0.1, 0.15) is 5.82 Å². The number of rotatable bonds is 3. The molecular weight excluding hydrogens is 280 g/mol. The van der Waals surface area contributed by atoms with Crippen LogP contribution in [0.2, 0.25) is 0 Å². The van der Waals surface area contributed by atoms with Gasteiger partial charge in [0, 0.05) is 18.5 Å². The third kappa shape index (κ3) is 2.04. The van der Waals surface area contributed by atoms with Gasteiger partial charge in [-0.15, -0.1) is 0 Å². The molecule has 0 fully saturated rings. The van der Waals surface area contributed by atoms with E-state index in [1.807, 2.05) is 54.3 Å². The van der Waals surface area contributed by atoms with Crippen LogP contribution >= 0.6 is 0 Å². The monoisotopic (exact) mass is 296 g/mol. The van der Waals surface area contributed by atoms with Gasteiger partial charge in [0.2, 0.25) is 6.79 Å². The highest BCUT2D eigenvalue weighted by atomic mass is 16.7. The zero-order valence-electron chi connectivity index (χ0n) is 12.4. The molecule has 1 unspecified atom stereocenters. The highest BCUT2D eigenvalue weighted by molar-refractivity contribution is 5.50. The maximum Gasteiger partial charge on any atom is 0.231 e. The SMILES string of the molecule is Cc1nc(C(C)n2cccc2)n(-c2ccc3c(c2)OCO3)n1. The summed E-state index contributed by atoms with van der Waals surface area (Å²) in [6.07, 6.45) is 4.05. The van der Waals surface area contributed by atoms with Gasteiger partial charge in [0.05, 0.1) is 11.7 Å². The third-order valence-corrected chi connectivity index (χ3v) is 3.79. The summed E-state index contributed by atoms with van der Waals surface area (Å²) in [5.41, 5.74) is 0.916. The maximum atomic E-state index is 5.45. The minimum Gasteiger partial charge on any atom is -0.454 e. The summed E-state index contributed by atoms with van der Waals surface area (Å²) in [6, 6.07) is 9.89. The molecule has 3 heterocycles. The molecule has 2 aromatic heterocycles. The van der Waals surface area contributed by atoms with E-state index < -0.39 is 0 Å². The molecular formula is C16H16N4O2. The number of aromatic nitrogens is 4. The molecule has 0 saturated carbocycles. The molecule has 1 atom stereocenters. The minimum absolute atomic E-state index is 0.0848. The van der Waals surface area contributed by atoms with E-state index in [9.17, 15) is 0 Å². The van der Waals surface area contributed by atoms with E-state index in [0.717, 1.165) is 28.8 Å². The van der Waals surface area contributed by atoms with E-state index in [-0.39, 0.29) is 12.8 Å². The van der Waals surface area contributed by atoms with Crippen LogP contribution in [-0.4, -0.2) is 26.1 Å². The Balaban J connectivity index is 1.79. The van der Waals surface area contributed by atoms with Gasteiger partial charge >= 0.3 is 0 Å². The molecule has 0 radical (unpaired) electrons. The Bertz CT molecular complexity index is 808. The Kier molecular flexibility index (Phi) is 2.89. The molecule has 0 bridgehead atoms. The fourth-order valence-corrected chi connectivity index (χ4v) is 2.65. The lowest BCUT2D eigenvalue weighted by atomic mass is 10.2. The normalized spacial score (nSPS) is 14.3. The summed E-state index contributed by atoms with van der Waals surface area (Å²) in [6.45, 7) is 4.27. The van der Waals surface area contributed by atoms with E-state index in [2.05, 4.69) is 21.6 Å². The standard InChI is InChI=1S/C16H16N4O2/c1-11(19-7-3-4-8-19)16-17-12(2)18-20(16)13-5-6-14-15(9-13)22-10-21-14/h3-9,11H,10H2,1-2H3. The van der Waals surface area contributed by atoms with Crippen molar-refractivity contribution in [3.8, 4) is 17.2 Å². The van der Waals surface area contributed by atoms with Crippen LogP contribution in [0.25, 0.3) is 5.69 Å². The Morgan fingerprint density at radius 3 is 2.73 bits per heavy atom. The average molecular weight is 296 g/mol. The van der Waals surface area contributed by atoms with Crippen molar-refractivity contribution in [1.82, 2.24) is 19.3 Å². The van der Waals surface area contributed by atoms with Gasteiger partial charge in [-0.1, -0.05) is 0 Å².